The maximum Gasteiger partial charge on any atom is 0.266 e. The van der Waals surface area contributed by atoms with Crippen LogP contribution in [0.1, 0.15) is 40.0 Å². The van der Waals surface area contributed by atoms with Crippen molar-refractivity contribution in [3.63, 3.8) is 0 Å². The van der Waals surface area contributed by atoms with Crippen molar-refractivity contribution in [1.82, 2.24) is 14.5 Å². The van der Waals surface area contributed by atoms with Gasteiger partial charge in [0.15, 0.2) is 5.16 Å². The van der Waals surface area contributed by atoms with Crippen LogP contribution >= 0.6 is 11.8 Å². The third-order valence-corrected chi connectivity index (χ3v) is 7.79. The Kier molecular flexibility index (Phi) is 5.35. The number of amides is 1. The molecule has 1 amide bonds. The number of benzene rings is 2. The van der Waals surface area contributed by atoms with Crippen LogP contribution in [-0.4, -0.2) is 38.7 Å². The predicted molar refractivity (Wildman–Crippen MR) is 129 cm³/mol. The molecule has 1 saturated carbocycles. The zero-order valence-corrected chi connectivity index (χ0v) is 20.0. The first-order valence-corrected chi connectivity index (χ1v) is 12.3. The van der Waals surface area contributed by atoms with E-state index in [9.17, 15) is 14.0 Å². The van der Waals surface area contributed by atoms with Crippen molar-refractivity contribution < 1.29 is 9.18 Å². The highest BCUT2D eigenvalue weighted by atomic mass is 32.2. The van der Waals surface area contributed by atoms with E-state index in [1.165, 1.54) is 28.5 Å². The Morgan fingerprint density at radius 3 is 2.73 bits per heavy atom. The first kappa shape index (κ1) is 22.1. The van der Waals surface area contributed by atoms with Crippen molar-refractivity contribution in [2.75, 3.05) is 12.3 Å². The molecule has 7 heteroatoms. The Morgan fingerprint density at radius 1 is 1.15 bits per heavy atom. The van der Waals surface area contributed by atoms with Gasteiger partial charge in [0.1, 0.15) is 5.82 Å². The molecule has 2 aliphatic rings. The average molecular weight is 466 g/mol. The number of halogens is 1. The van der Waals surface area contributed by atoms with Crippen LogP contribution in [0.5, 0.6) is 0 Å². The van der Waals surface area contributed by atoms with Gasteiger partial charge in [-0.05, 0) is 60.4 Å². The molecule has 0 radical (unpaired) electrons. The molecule has 5 rings (SSSR count). The molecule has 33 heavy (non-hydrogen) atoms. The van der Waals surface area contributed by atoms with Crippen LogP contribution in [0.3, 0.4) is 0 Å². The number of para-hydroxylation sites is 1. The second kappa shape index (κ2) is 7.97. The molecular formula is C26H28FN3O2S. The van der Waals surface area contributed by atoms with Crippen molar-refractivity contribution in [2.45, 2.75) is 51.2 Å². The summed E-state index contributed by atoms with van der Waals surface area (Å²) in [4.78, 5) is 33.3. The van der Waals surface area contributed by atoms with E-state index in [4.69, 9.17) is 0 Å². The number of aromatic nitrogens is 2. The smallest absolute Gasteiger partial charge is 0.266 e. The Hall–Kier alpha value is -2.67. The zero-order valence-electron chi connectivity index (χ0n) is 19.2. The van der Waals surface area contributed by atoms with Gasteiger partial charge in [-0.15, -0.1) is 0 Å². The maximum absolute atomic E-state index is 14.0. The molecule has 3 aromatic rings. The number of rotatable bonds is 4. The van der Waals surface area contributed by atoms with Crippen LogP contribution in [-0.2, 0) is 4.79 Å². The topological polar surface area (TPSA) is 55.2 Å². The third-order valence-electron chi connectivity index (χ3n) is 6.87. The van der Waals surface area contributed by atoms with Crippen molar-refractivity contribution in [2.24, 2.45) is 10.8 Å². The standard InChI is InChI=1S/C26H28FN3O2S/c1-25(2)12-19-13-26(3,15-25)16-29(19)22(31)14-33-24-28-21-10-5-4-9-20(21)23(32)30(24)18-8-6-7-17(27)11-18/h4-11,19H,12-16H2,1-3H3. The first-order chi connectivity index (χ1) is 15.6. The highest BCUT2D eigenvalue weighted by Gasteiger charge is 2.50. The van der Waals surface area contributed by atoms with Gasteiger partial charge in [-0.2, -0.15) is 0 Å². The highest BCUT2D eigenvalue weighted by Crippen LogP contribution is 2.52. The van der Waals surface area contributed by atoms with Crippen molar-refractivity contribution in [3.05, 3.63) is 64.7 Å². The van der Waals surface area contributed by atoms with E-state index in [-0.39, 0.29) is 34.1 Å². The number of nitrogens with zero attached hydrogens (tertiary/aromatic N) is 3. The summed E-state index contributed by atoms with van der Waals surface area (Å²) in [6, 6.07) is 13.3. The minimum Gasteiger partial charge on any atom is -0.338 e. The molecule has 0 spiro atoms. The Balaban J connectivity index is 1.46. The van der Waals surface area contributed by atoms with Crippen LogP contribution in [0, 0.1) is 16.6 Å². The summed E-state index contributed by atoms with van der Waals surface area (Å²) in [5, 5.41) is 0.854. The van der Waals surface area contributed by atoms with Gasteiger partial charge in [0.05, 0.1) is 22.3 Å². The van der Waals surface area contributed by atoms with Gasteiger partial charge in [0.25, 0.3) is 5.56 Å². The van der Waals surface area contributed by atoms with E-state index >= 15 is 0 Å². The second-order valence-electron chi connectivity index (χ2n) is 10.6. The van der Waals surface area contributed by atoms with E-state index in [2.05, 4.69) is 25.8 Å². The molecule has 2 unspecified atom stereocenters. The second-order valence-corrected chi connectivity index (χ2v) is 11.5. The molecule has 1 aliphatic heterocycles. The van der Waals surface area contributed by atoms with Crippen LogP contribution in [0.4, 0.5) is 4.39 Å². The van der Waals surface area contributed by atoms with Crippen molar-refractivity contribution in [3.8, 4) is 5.69 Å². The molecule has 2 aromatic carbocycles. The molecule has 1 aromatic heterocycles. The summed E-state index contributed by atoms with van der Waals surface area (Å²) in [6.07, 6.45) is 3.19. The Morgan fingerprint density at radius 2 is 1.94 bits per heavy atom. The van der Waals surface area contributed by atoms with Crippen LogP contribution < -0.4 is 5.56 Å². The Labute approximate surface area is 197 Å². The molecule has 2 fully saturated rings. The molecular weight excluding hydrogens is 437 g/mol. The number of carbonyl (C=O) groups excluding carboxylic acids is 1. The highest BCUT2D eigenvalue weighted by molar-refractivity contribution is 7.99. The number of hydrogen-bond acceptors (Lipinski definition) is 4. The zero-order chi connectivity index (χ0) is 23.4. The van der Waals surface area contributed by atoms with Gasteiger partial charge in [-0.3, -0.25) is 14.2 Å². The summed E-state index contributed by atoms with van der Waals surface area (Å²) < 4.78 is 15.4. The van der Waals surface area contributed by atoms with Gasteiger partial charge in [-0.1, -0.05) is 50.7 Å². The minimum absolute atomic E-state index is 0.0691. The van der Waals surface area contributed by atoms with Crippen molar-refractivity contribution >= 4 is 28.6 Å². The van der Waals surface area contributed by atoms with E-state index < -0.39 is 5.82 Å². The number of carbonyl (C=O) groups is 1. The lowest BCUT2D eigenvalue weighted by Gasteiger charge is -2.39. The normalized spacial score (nSPS) is 23.8. The van der Waals surface area contributed by atoms with Crippen LogP contribution in [0.25, 0.3) is 16.6 Å². The summed E-state index contributed by atoms with van der Waals surface area (Å²) >= 11 is 1.24. The van der Waals surface area contributed by atoms with Gasteiger partial charge in [-0.25, -0.2) is 9.37 Å². The monoisotopic (exact) mass is 465 g/mol. The summed E-state index contributed by atoms with van der Waals surface area (Å²) in [5.74, 6) is -0.174. The number of hydrogen-bond donors (Lipinski definition) is 0. The largest absolute Gasteiger partial charge is 0.338 e. The predicted octanol–water partition coefficient (Wildman–Crippen LogP) is 5.04. The summed E-state index contributed by atoms with van der Waals surface area (Å²) in [5.41, 5.74) is 1.10. The van der Waals surface area contributed by atoms with Crippen LogP contribution in [0.15, 0.2) is 58.5 Å². The maximum atomic E-state index is 14.0. The quantitative estimate of drug-likeness (QED) is 0.400. The van der Waals surface area contributed by atoms with Crippen LogP contribution in [0.2, 0.25) is 0 Å². The van der Waals surface area contributed by atoms with E-state index in [0.29, 0.717) is 21.7 Å². The number of fused-ring (bicyclic) bond motifs is 3. The SMILES string of the molecule is CC1(C)CC2CC(C)(CN2C(=O)CSc2nc3ccccc3c(=O)n2-c2cccc(F)c2)C1. The fourth-order valence-electron chi connectivity index (χ4n) is 6.01. The lowest BCUT2D eigenvalue weighted by molar-refractivity contribution is -0.129. The molecule has 172 valence electrons. The van der Waals surface area contributed by atoms with Gasteiger partial charge in [0, 0.05) is 12.6 Å². The Bertz CT molecular complexity index is 1300. The third kappa shape index (κ3) is 4.19. The first-order valence-electron chi connectivity index (χ1n) is 11.3. The minimum atomic E-state index is -0.431. The molecule has 5 nitrogen and oxygen atoms in total. The van der Waals surface area contributed by atoms with Gasteiger partial charge < -0.3 is 4.90 Å². The molecule has 0 N–H and O–H groups in total. The van der Waals surface area contributed by atoms with Gasteiger partial charge in [0.2, 0.25) is 5.91 Å². The molecule has 1 saturated heterocycles. The summed E-state index contributed by atoms with van der Waals surface area (Å²) in [6.45, 7) is 7.64. The van der Waals surface area contributed by atoms with E-state index in [0.717, 1.165) is 25.8 Å². The molecule has 2 bridgehead atoms. The fraction of sp³-hybridized carbons (Fsp3) is 0.423. The number of likely N-dealkylation sites (tertiary alicyclic amines) is 1. The summed E-state index contributed by atoms with van der Waals surface area (Å²) in [7, 11) is 0. The lowest BCUT2D eigenvalue weighted by atomic mass is 9.65. The van der Waals surface area contributed by atoms with E-state index in [1.54, 1.807) is 30.3 Å². The average Bonchev–Trinajstić information content (AvgIpc) is 3.00. The fourth-order valence-corrected chi connectivity index (χ4v) is 6.91. The van der Waals surface area contributed by atoms with E-state index in [1.807, 2.05) is 11.0 Å². The molecule has 2 atom stereocenters. The lowest BCUT2D eigenvalue weighted by Crippen LogP contribution is -2.38. The number of thioether (sulfide) groups is 1. The van der Waals surface area contributed by atoms with Crippen molar-refractivity contribution in [1.29, 1.82) is 0 Å². The van der Waals surface area contributed by atoms with Gasteiger partial charge >= 0.3 is 0 Å². The molecule has 2 heterocycles. The molecule has 1 aliphatic carbocycles.